The van der Waals surface area contributed by atoms with Crippen LogP contribution >= 0.6 is 0 Å². The number of nitrogens with zero attached hydrogens (tertiary/aromatic N) is 1. The van der Waals surface area contributed by atoms with Gasteiger partial charge in [-0.3, -0.25) is 19.7 Å². The van der Waals surface area contributed by atoms with Gasteiger partial charge in [0.05, 0.1) is 21.7 Å². The minimum atomic E-state index is -0.893. The Hall–Kier alpha value is -4.20. The van der Waals surface area contributed by atoms with E-state index in [0.717, 1.165) is 12.1 Å². The summed E-state index contributed by atoms with van der Waals surface area (Å²) in [6, 6.07) is 13.5. The number of benzene rings is 3. The monoisotopic (exact) mass is 376 g/mol. The lowest BCUT2D eigenvalue weighted by atomic mass is 9.82. The number of anilines is 2. The van der Waals surface area contributed by atoms with Gasteiger partial charge in [-0.1, -0.05) is 24.3 Å². The molecule has 0 atom stereocenters. The predicted molar refractivity (Wildman–Crippen MR) is 99.5 cm³/mol. The zero-order chi connectivity index (χ0) is 20.0. The maximum atomic E-state index is 12.9. The van der Waals surface area contributed by atoms with Crippen LogP contribution in [0.3, 0.4) is 0 Å². The van der Waals surface area contributed by atoms with E-state index in [-0.39, 0.29) is 11.3 Å². The molecule has 0 radical (unpaired) electrons. The van der Waals surface area contributed by atoms with Gasteiger partial charge in [-0.15, -0.1) is 0 Å². The second-order valence-electron chi connectivity index (χ2n) is 6.15. The highest BCUT2D eigenvalue weighted by molar-refractivity contribution is 6.32. The fourth-order valence-electron chi connectivity index (χ4n) is 3.26. The summed E-state index contributed by atoms with van der Waals surface area (Å²) in [6.45, 7) is 0. The van der Waals surface area contributed by atoms with E-state index < -0.39 is 50.4 Å². The summed E-state index contributed by atoms with van der Waals surface area (Å²) < 4.78 is 0. The molecule has 3 aromatic carbocycles. The highest BCUT2D eigenvalue weighted by Crippen LogP contribution is 2.44. The van der Waals surface area contributed by atoms with E-state index >= 15 is 0 Å². The first kappa shape index (κ1) is 17.2. The average molecular weight is 376 g/mol. The maximum absolute atomic E-state index is 12.9. The van der Waals surface area contributed by atoms with Crippen LogP contribution in [0.2, 0.25) is 0 Å². The molecule has 0 aromatic heterocycles. The molecule has 3 aromatic rings. The second kappa shape index (κ2) is 6.20. The highest BCUT2D eigenvalue weighted by atomic mass is 16.6. The smallest absolute Gasteiger partial charge is 0.281 e. The third-order valence-corrected chi connectivity index (χ3v) is 4.50. The third kappa shape index (κ3) is 2.47. The Balaban J connectivity index is 1.92. The lowest BCUT2D eigenvalue weighted by Crippen LogP contribution is -2.22. The Morgan fingerprint density at radius 3 is 2.25 bits per heavy atom. The number of hydrogen-bond donors (Lipinski definition) is 3. The van der Waals surface area contributed by atoms with E-state index in [1.165, 1.54) is 12.1 Å². The number of nitro groups is 1. The molecule has 3 N–H and O–H groups in total. The zero-order valence-electron chi connectivity index (χ0n) is 14.2. The number of nitrogens with one attached hydrogen (secondary N) is 1. The Labute approximate surface area is 157 Å². The van der Waals surface area contributed by atoms with Crippen LogP contribution in [0.25, 0.3) is 0 Å². The molecule has 0 saturated carbocycles. The van der Waals surface area contributed by atoms with E-state index in [9.17, 15) is 29.9 Å². The van der Waals surface area contributed by atoms with Crippen LogP contribution in [0.4, 0.5) is 17.1 Å². The van der Waals surface area contributed by atoms with Crippen molar-refractivity contribution in [1.29, 1.82) is 0 Å². The number of carbonyl (C=O) groups excluding carboxylic acids is 2. The minimum Gasteiger partial charge on any atom is -0.507 e. The molecule has 4 rings (SSSR count). The number of rotatable bonds is 3. The van der Waals surface area contributed by atoms with Crippen LogP contribution in [-0.4, -0.2) is 26.7 Å². The van der Waals surface area contributed by atoms with Gasteiger partial charge in [0.25, 0.3) is 5.69 Å². The first-order valence-electron chi connectivity index (χ1n) is 8.18. The second-order valence-corrected chi connectivity index (χ2v) is 6.15. The largest absolute Gasteiger partial charge is 0.507 e. The molecule has 0 amide bonds. The number of nitro benzene ring substituents is 1. The number of phenols is 2. The summed E-state index contributed by atoms with van der Waals surface area (Å²) in [5.41, 5.74) is -1.37. The zero-order valence-corrected chi connectivity index (χ0v) is 14.2. The van der Waals surface area contributed by atoms with Gasteiger partial charge in [0, 0.05) is 23.4 Å². The van der Waals surface area contributed by atoms with Crippen LogP contribution in [-0.2, 0) is 0 Å². The van der Waals surface area contributed by atoms with Gasteiger partial charge in [-0.2, -0.15) is 0 Å². The van der Waals surface area contributed by atoms with Crippen molar-refractivity contribution in [3.8, 4) is 11.5 Å². The fourth-order valence-corrected chi connectivity index (χ4v) is 3.26. The standard InChI is InChI=1S/C20H12N2O6/c23-14-9-12(21-10-5-2-1-3-6-10)19(25)17-16(14)20(26)15-11(18(17)24)7-4-8-13(15)22(27)28/h1-9,21,23,25H. The molecule has 28 heavy (non-hydrogen) atoms. The summed E-state index contributed by atoms with van der Waals surface area (Å²) in [6.07, 6.45) is 0. The number of phenolic OH excluding ortho intramolecular Hbond substituents is 2. The van der Waals surface area contributed by atoms with Crippen LogP contribution in [0.15, 0.2) is 54.6 Å². The highest BCUT2D eigenvalue weighted by Gasteiger charge is 2.39. The van der Waals surface area contributed by atoms with Crippen molar-refractivity contribution in [2.24, 2.45) is 0 Å². The molecule has 8 heteroatoms. The summed E-state index contributed by atoms with van der Waals surface area (Å²) in [4.78, 5) is 36.3. The van der Waals surface area contributed by atoms with Gasteiger partial charge >= 0.3 is 0 Å². The van der Waals surface area contributed by atoms with Crippen molar-refractivity contribution in [3.63, 3.8) is 0 Å². The number of para-hydroxylation sites is 1. The van der Waals surface area contributed by atoms with Crippen molar-refractivity contribution in [2.45, 2.75) is 0 Å². The van der Waals surface area contributed by atoms with E-state index in [4.69, 9.17) is 0 Å². The molecule has 0 heterocycles. The molecule has 1 aliphatic rings. The SMILES string of the molecule is O=C1c2c(cccc2[N+](=O)[O-])C(=O)c2c(O)c(Nc3ccccc3)cc(O)c21. The molecule has 0 spiro atoms. The average Bonchev–Trinajstić information content (AvgIpc) is 2.68. The molecule has 0 bridgehead atoms. The molecular weight excluding hydrogens is 364 g/mol. The molecule has 138 valence electrons. The normalized spacial score (nSPS) is 12.3. The predicted octanol–water partition coefficient (Wildman–Crippen LogP) is 3.53. The number of hydrogen-bond acceptors (Lipinski definition) is 7. The van der Waals surface area contributed by atoms with Crippen LogP contribution in [0, 0.1) is 10.1 Å². The van der Waals surface area contributed by atoms with Gasteiger partial charge in [0.15, 0.2) is 11.5 Å². The summed E-state index contributed by atoms with van der Waals surface area (Å²) in [5.74, 6) is -2.76. The Bertz CT molecular complexity index is 1170. The van der Waals surface area contributed by atoms with Crippen molar-refractivity contribution in [3.05, 3.63) is 87.0 Å². The van der Waals surface area contributed by atoms with Crippen molar-refractivity contribution in [1.82, 2.24) is 0 Å². The van der Waals surface area contributed by atoms with E-state index in [1.54, 1.807) is 30.3 Å². The van der Waals surface area contributed by atoms with Gasteiger partial charge in [0.2, 0.25) is 5.78 Å². The topological polar surface area (TPSA) is 130 Å². The van der Waals surface area contributed by atoms with Gasteiger partial charge in [0.1, 0.15) is 11.3 Å². The molecule has 0 aliphatic heterocycles. The van der Waals surface area contributed by atoms with E-state index in [1.807, 2.05) is 0 Å². The third-order valence-electron chi connectivity index (χ3n) is 4.50. The quantitative estimate of drug-likeness (QED) is 0.216. The molecule has 0 unspecified atom stereocenters. The lowest BCUT2D eigenvalue weighted by Gasteiger charge is -2.21. The summed E-state index contributed by atoms with van der Waals surface area (Å²) in [7, 11) is 0. The van der Waals surface area contributed by atoms with Crippen molar-refractivity contribution < 1.29 is 24.7 Å². The first-order valence-corrected chi connectivity index (χ1v) is 8.18. The number of fused-ring (bicyclic) bond motifs is 2. The van der Waals surface area contributed by atoms with E-state index in [0.29, 0.717) is 5.69 Å². The van der Waals surface area contributed by atoms with Crippen molar-refractivity contribution >= 4 is 28.6 Å². The van der Waals surface area contributed by atoms with E-state index in [2.05, 4.69) is 5.32 Å². The molecule has 0 fully saturated rings. The van der Waals surface area contributed by atoms with Crippen LogP contribution < -0.4 is 5.32 Å². The van der Waals surface area contributed by atoms with Crippen molar-refractivity contribution in [2.75, 3.05) is 5.32 Å². The minimum absolute atomic E-state index is 0.0254. The molecule has 8 nitrogen and oxygen atoms in total. The Kier molecular flexibility index (Phi) is 3.82. The molecular formula is C20H12N2O6. The van der Waals surface area contributed by atoms with Gasteiger partial charge < -0.3 is 15.5 Å². The Morgan fingerprint density at radius 1 is 0.857 bits per heavy atom. The van der Waals surface area contributed by atoms with Gasteiger partial charge in [-0.25, -0.2) is 0 Å². The number of aromatic hydroxyl groups is 2. The summed E-state index contributed by atoms with van der Waals surface area (Å²) >= 11 is 0. The van der Waals surface area contributed by atoms with Crippen LogP contribution in [0.5, 0.6) is 11.5 Å². The van der Waals surface area contributed by atoms with Gasteiger partial charge in [-0.05, 0) is 18.2 Å². The molecule has 1 aliphatic carbocycles. The Morgan fingerprint density at radius 2 is 1.57 bits per heavy atom. The first-order chi connectivity index (χ1) is 13.4. The van der Waals surface area contributed by atoms with Crippen LogP contribution in [0.1, 0.15) is 31.8 Å². The number of carbonyl (C=O) groups is 2. The lowest BCUT2D eigenvalue weighted by molar-refractivity contribution is -0.385. The summed E-state index contributed by atoms with van der Waals surface area (Å²) in [5, 5.41) is 35.2. The fraction of sp³-hybridized carbons (Fsp3) is 0. The number of ketones is 2. The maximum Gasteiger partial charge on any atom is 0.281 e. The molecule has 0 saturated heterocycles.